The monoisotopic (exact) mass is 295 g/mol. The number of carbonyl (C=O) groups excluding carboxylic acids is 1. The van der Waals surface area contributed by atoms with Gasteiger partial charge < -0.3 is 15.6 Å². The number of rotatable bonds is 6. The van der Waals surface area contributed by atoms with Crippen molar-refractivity contribution in [1.82, 2.24) is 10.5 Å². The zero-order valence-corrected chi connectivity index (χ0v) is 11.3. The summed E-state index contributed by atoms with van der Waals surface area (Å²) in [4.78, 5) is 21.7. The van der Waals surface area contributed by atoms with Crippen LogP contribution in [0.25, 0.3) is 0 Å². The third-order valence-electron chi connectivity index (χ3n) is 2.61. The highest BCUT2D eigenvalue weighted by Crippen LogP contribution is 2.18. The predicted octanol–water partition coefficient (Wildman–Crippen LogP) is 2.20. The van der Waals surface area contributed by atoms with Gasteiger partial charge in [0.25, 0.3) is 5.69 Å². The molecule has 0 saturated carbocycles. The molecule has 1 atom stereocenters. The van der Waals surface area contributed by atoms with Crippen LogP contribution in [0.5, 0.6) is 0 Å². The summed E-state index contributed by atoms with van der Waals surface area (Å²) in [6, 6.07) is 3.50. The van der Waals surface area contributed by atoms with Crippen LogP contribution in [0.15, 0.2) is 36.5 Å². The lowest BCUT2D eigenvalue weighted by molar-refractivity contribution is -0.384. The third-order valence-corrected chi connectivity index (χ3v) is 2.61. The molecule has 0 aliphatic carbocycles. The second-order valence-electron chi connectivity index (χ2n) is 4.33. The standard InChI is InChI=1S/C12H15N4O5/c1-8(14-18)6-9(2)15(19)12(17)13-10-4-3-5-11(7-10)16(20)21/h3-5,7,9,14,18H,1,6H2,2H3,(H,13,17)/q-1/t9-/m0/s1. The van der Waals surface area contributed by atoms with Crippen LogP contribution in [-0.4, -0.2) is 27.3 Å². The highest BCUT2D eigenvalue weighted by atomic mass is 16.6. The molecule has 0 bridgehead atoms. The number of nitrogens with zero attached hydrogens (tertiary/aromatic N) is 2. The molecule has 0 radical (unpaired) electrons. The maximum absolute atomic E-state index is 11.7. The molecule has 0 saturated heterocycles. The fraction of sp³-hybridized carbons (Fsp3) is 0.250. The molecule has 2 amide bonds. The number of hydrogen-bond donors (Lipinski definition) is 3. The maximum Gasteiger partial charge on any atom is 0.311 e. The van der Waals surface area contributed by atoms with Crippen LogP contribution in [0.1, 0.15) is 13.3 Å². The zero-order chi connectivity index (χ0) is 16.0. The van der Waals surface area contributed by atoms with Crippen LogP contribution in [0.2, 0.25) is 0 Å². The minimum Gasteiger partial charge on any atom is -0.755 e. The van der Waals surface area contributed by atoms with Gasteiger partial charge in [-0.1, -0.05) is 12.6 Å². The highest BCUT2D eigenvalue weighted by Gasteiger charge is 2.14. The van der Waals surface area contributed by atoms with E-state index in [-0.39, 0.29) is 28.6 Å². The van der Waals surface area contributed by atoms with Crippen molar-refractivity contribution in [3.63, 3.8) is 0 Å². The van der Waals surface area contributed by atoms with Crippen LogP contribution >= 0.6 is 0 Å². The molecule has 9 heteroatoms. The Bertz CT molecular complexity index is 548. The first-order chi connectivity index (χ1) is 9.85. The number of anilines is 1. The van der Waals surface area contributed by atoms with Gasteiger partial charge in [0.2, 0.25) is 0 Å². The number of non-ortho nitro benzene ring substituents is 1. The van der Waals surface area contributed by atoms with E-state index in [2.05, 4.69) is 11.9 Å². The van der Waals surface area contributed by atoms with Gasteiger partial charge in [0.05, 0.1) is 4.92 Å². The number of nitro groups is 1. The summed E-state index contributed by atoms with van der Waals surface area (Å²) in [7, 11) is 0. The molecule has 0 heterocycles. The molecule has 3 N–H and O–H groups in total. The summed E-state index contributed by atoms with van der Waals surface area (Å²) in [5, 5.41) is 33.4. The van der Waals surface area contributed by atoms with Crippen LogP contribution in [-0.2, 0) is 0 Å². The molecular weight excluding hydrogens is 280 g/mol. The maximum atomic E-state index is 11.7. The molecule has 1 aromatic carbocycles. The Hall–Kier alpha value is -2.65. The summed E-state index contributed by atoms with van der Waals surface area (Å²) in [6.45, 7) is 4.91. The number of hydroxylamine groups is 3. The SMILES string of the molecule is C=C(C[C@H](C)N([O-])C(=O)Nc1cccc([N+](=O)[O-])c1)NO. The lowest BCUT2D eigenvalue weighted by Crippen LogP contribution is -2.37. The van der Waals surface area contributed by atoms with Gasteiger partial charge in [-0.2, -0.15) is 0 Å². The van der Waals surface area contributed by atoms with Crippen molar-refractivity contribution in [2.75, 3.05) is 5.32 Å². The van der Waals surface area contributed by atoms with Gasteiger partial charge in [0.1, 0.15) is 0 Å². The summed E-state index contributed by atoms with van der Waals surface area (Å²) in [6.07, 6.45) is 0.0579. The minimum absolute atomic E-state index is 0.0579. The number of amides is 2. The fourth-order valence-electron chi connectivity index (χ4n) is 1.56. The Morgan fingerprint density at radius 3 is 2.81 bits per heavy atom. The number of nitro benzene ring substituents is 1. The molecule has 0 unspecified atom stereocenters. The Morgan fingerprint density at radius 1 is 1.57 bits per heavy atom. The summed E-state index contributed by atoms with van der Waals surface area (Å²) >= 11 is 0. The normalized spacial score (nSPS) is 11.4. The Labute approximate surface area is 120 Å². The van der Waals surface area contributed by atoms with E-state index in [1.54, 1.807) is 5.48 Å². The van der Waals surface area contributed by atoms with Gasteiger partial charge in [-0.25, -0.2) is 4.79 Å². The first-order valence-electron chi connectivity index (χ1n) is 5.94. The average molecular weight is 295 g/mol. The summed E-state index contributed by atoms with van der Waals surface area (Å²) in [5.74, 6) is 0. The van der Waals surface area contributed by atoms with Gasteiger partial charge in [0.15, 0.2) is 0 Å². The topological polar surface area (TPSA) is 131 Å². The Balaban J connectivity index is 2.69. The van der Waals surface area contributed by atoms with Crippen molar-refractivity contribution in [1.29, 1.82) is 0 Å². The summed E-state index contributed by atoms with van der Waals surface area (Å²) in [5.41, 5.74) is 1.92. The van der Waals surface area contributed by atoms with E-state index in [1.807, 2.05) is 0 Å². The lowest BCUT2D eigenvalue weighted by atomic mass is 10.2. The number of urea groups is 1. The second-order valence-corrected chi connectivity index (χ2v) is 4.33. The summed E-state index contributed by atoms with van der Waals surface area (Å²) < 4.78 is 0. The number of benzene rings is 1. The van der Waals surface area contributed by atoms with Gasteiger partial charge in [-0.3, -0.25) is 20.8 Å². The first-order valence-corrected chi connectivity index (χ1v) is 5.94. The van der Waals surface area contributed by atoms with Crippen molar-refractivity contribution < 1.29 is 14.9 Å². The fourth-order valence-corrected chi connectivity index (χ4v) is 1.56. The van der Waals surface area contributed by atoms with E-state index in [9.17, 15) is 20.1 Å². The quantitative estimate of drug-likeness (QED) is 0.544. The van der Waals surface area contributed by atoms with Crippen molar-refractivity contribution in [2.45, 2.75) is 19.4 Å². The molecule has 1 rings (SSSR count). The number of carbonyl (C=O) groups is 1. The van der Waals surface area contributed by atoms with E-state index in [0.717, 1.165) is 6.07 Å². The van der Waals surface area contributed by atoms with Crippen LogP contribution in [0, 0.1) is 15.3 Å². The van der Waals surface area contributed by atoms with E-state index in [4.69, 9.17) is 5.21 Å². The zero-order valence-electron chi connectivity index (χ0n) is 11.3. The number of hydrogen-bond acceptors (Lipinski definition) is 6. The molecule has 0 spiro atoms. The van der Waals surface area contributed by atoms with Crippen LogP contribution in [0.4, 0.5) is 16.2 Å². The molecule has 114 valence electrons. The predicted molar refractivity (Wildman–Crippen MR) is 75.5 cm³/mol. The third kappa shape index (κ3) is 4.75. The lowest BCUT2D eigenvalue weighted by Gasteiger charge is -2.34. The van der Waals surface area contributed by atoms with Crippen LogP contribution < -0.4 is 10.8 Å². The highest BCUT2D eigenvalue weighted by molar-refractivity contribution is 5.90. The molecule has 0 aliphatic heterocycles. The first kappa shape index (κ1) is 16.4. The molecule has 21 heavy (non-hydrogen) atoms. The molecule has 1 aromatic rings. The van der Waals surface area contributed by atoms with Crippen molar-refractivity contribution in [3.8, 4) is 0 Å². The van der Waals surface area contributed by atoms with E-state index in [0.29, 0.717) is 0 Å². The molecule has 9 nitrogen and oxygen atoms in total. The molecular formula is C12H15N4O5-. The molecule has 0 aliphatic rings. The largest absolute Gasteiger partial charge is 0.755 e. The van der Waals surface area contributed by atoms with Crippen molar-refractivity contribution in [3.05, 3.63) is 51.9 Å². The van der Waals surface area contributed by atoms with Crippen molar-refractivity contribution in [2.24, 2.45) is 0 Å². The molecule has 0 aromatic heterocycles. The Morgan fingerprint density at radius 2 is 2.24 bits per heavy atom. The van der Waals surface area contributed by atoms with Gasteiger partial charge >= 0.3 is 6.03 Å². The van der Waals surface area contributed by atoms with Gasteiger partial charge in [0, 0.05) is 36.0 Å². The Kier molecular flexibility index (Phi) is 5.64. The van der Waals surface area contributed by atoms with Gasteiger partial charge in [-0.15, -0.1) is 0 Å². The number of nitrogens with one attached hydrogen (secondary N) is 2. The molecule has 0 fully saturated rings. The minimum atomic E-state index is -0.964. The van der Waals surface area contributed by atoms with Gasteiger partial charge in [-0.05, 0) is 13.0 Å². The average Bonchev–Trinajstić information content (AvgIpc) is 2.46. The van der Waals surface area contributed by atoms with Crippen LogP contribution in [0.3, 0.4) is 0 Å². The van der Waals surface area contributed by atoms with E-state index >= 15 is 0 Å². The van der Waals surface area contributed by atoms with Crippen molar-refractivity contribution >= 4 is 17.4 Å². The van der Waals surface area contributed by atoms with E-state index in [1.165, 1.54) is 25.1 Å². The van der Waals surface area contributed by atoms with E-state index < -0.39 is 17.0 Å². The second kappa shape index (κ2) is 7.22. The smallest absolute Gasteiger partial charge is 0.311 e.